The van der Waals surface area contributed by atoms with E-state index in [0.29, 0.717) is 16.8 Å². The van der Waals surface area contributed by atoms with Gasteiger partial charge in [-0.25, -0.2) is 13.2 Å². The van der Waals surface area contributed by atoms with Crippen LogP contribution < -0.4 is 5.32 Å². The first-order valence-corrected chi connectivity index (χ1v) is 10.5. The van der Waals surface area contributed by atoms with Gasteiger partial charge in [0.05, 0.1) is 11.3 Å². The predicted molar refractivity (Wildman–Crippen MR) is 105 cm³/mol. The van der Waals surface area contributed by atoms with E-state index in [1.165, 1.54) is 32.0 Å². The smallest absolute Gasteiger partial charge is 0.338 e. The number of hydrogen-bond donors (Lipinski definition) is 1. The molecule has 1 N–H and O–H groups in total. The Morgan fingerprint density at radius 1 is 1.04 bits per heavy atom. The van der Waals surface area contributed by atoms with Gasteiger partial charge in [0.25, 0.3) is 5.91 Å². The lowest BCUT2D eigenvalue weighted by atomic mass is 10.1. The molecule has 0 saturated heterocycles. The monoisotopic (exact) mass is 403 g/mol. The van der Waals surface area contributed by atoms with Gasteiger partial charge in [0.15, 0.2) is 21.7 Å². The van der Waals surface area contributed by atoms with Gasteiger partial charge < -0.3 is 10.1 Å². The Kier molecular flexibility index (Phi) is 6.69. The van der Waals surface area contributed by atoms with Crippen molar-refractivity contribution in [1.82, 2.24) is 0 Å². The average molecular weight is 403 g/mol. The van der Waals surface area contributed by atoms with Crippen LogP contribution in [0.2, 0.25) is 0 Å². The molecule has 8 heteroatoms. The summed E-state index contributed by atoms with van der Waals surface area (Å²) in [6.07, 6.45) is 0.0120. The van der Waals surface area contributed by atoms with Crippen molar-refractivity contribution in [2.24, 2.45) is 0 Å². The molecule has 1 amide bonds. The van der Waals surface area contributed by atoms with E-state index in [9.17, 15) is 22.8 Å². The third-order valence-electron chi connectivity index (χ3n) is 3.78. The summed E-state index contributed by atoms with van der Waals surface area (Å²) < 4.78 is 28.0. The number of ketones is 1. The molecule has 0 aliphatic carbocycles. The number of carbonyl (C=O) groups is 3. The summed E-state index contributed by atoms with van der Waals surface area (Å²) in [6, 6.07) is 12.5. The van der Waals surface area contributed by atoms with E-state index in [2.05, 4.69) is 5.32 Å². The minimum Gasteiger partial charge on any atom is -0.449 e. The van der Waals surface area contributed by atoms with Gasteiger partial charge >= 0.3 is 5.97 Å². The summed E-state index contributed by atoms with van der Waals surface area (Å²) in [5.74, 6) is -1.63. The van der Waals surface area contributed by atoms with Crippen LogP contribution in [0.4, 0.5) is 5.69 Å². The number of hydrogen-bond acceptors (Lipinski definition) is 6. The molecular formula is C20H21NO6S. The molecule has 0 bridgehead atoms. The van der Waals surface area contributed by atoms with Gasteiger partial charge in [-0.3, -0.25) is 9.59 Å². The van der Waals surface area contributed by atoms with Crippen LogP contribution in [-0.4, -0.2) is 38.4 Å². The minimum atomic E-state index is -3.24. The number of rotatable bonds is 7. The molecule has 148 valence electrons. The molecule has 28 heavy (non-hydrogen) atoms. The number of benzene rings is 2. The van der Waals surface area contributed by atoms with Crippen LogP contribution in [0.25, 0.3) is 0 Å². The number of Topliss-reactive ketones (excluding diaryl/α,β-unsaturated/α-hetero) is 1. The highest BCUT2D eigenvalue weighted by Gasteiger charge is 2.20. The summed E-state index contributed by atoms with van der Waals surface area (Å²) in [4.78, 5) is 36.0. The predicted octanol–water partition coefficient (Wildman–Crippen LogP) is 2.62. The summed E-state index contributed by atoms with van der Waals surface area (Å²) in [6.45, 7) is 2.84. The minimum absolute atomic E-state index is 0.135. The maximum absolute atomic E-state index is 12.3. The fourth-order valence-corrected chi connectivity index (χ4v) is 3.22. The first-order valence-electron chi connectivity index (χ1n) is 8.44. The van der Waals surface area contributed by atoms with Crippen molar-refractivity contribution >= 4 is 33.2 Å². The molecule has 0 aromatic heterocycles. The molecule has 0 unspecified atom stereocenters. The molecule has 2 rings (SSSR count). The Bertz CT molecular complexity index is 1010. The van der Waals surface area contributed by atoms with Crippen LogP contribution in [0, 0.1) is 0 Å². The maximum Gasteiger partial charge on any atom is 0.338 e. The average Bonchev–Trinajstić information content (AvgIpc) is 2.60. The largest absolute Gasteiger partial charge is 0.449 e. The molecule has 0 aliphatic heterocycles. The second-order valence-electron chi connectivity index (χ2n) is 6.44. The van der Waals surface area contributed by atoms with Crippen molar-refractivity contribution < 1.29 is 27.5 Å². The molecule has 0 saturated carbocycles. The van der Waals surface area contributed by atoms with Gasteiger partial charge in [0, 0.05) is 17.5 Å². The van der Waals surface area contributed by atoms with Gasteiger partial charge in [-0.1, -0.05) is 24.3 Å². The number of carbonyl (C=O) groups excluding carboxylic acids is 3. The Morgan fingerprint density at radius 3 is 2.32 bits per heavy atom. The topological polar surface area (TPSA) is 107 Å². The zero-order valence-electron chi connectivity index (χ0n) is 15.8. The number of esters is 1. The van der Waals surface area contributed by atoms with Crippen molar-refractivity contribution in [2.75, 3.05) is 11.6 Å². The van der Waals surface area contributed by atoms with Crippen LogP contribution in [0.15, 0.2) is 48.5 Å². The SMILES string of the molecule is CC(=O)c1cccc(NC(=O)[C@@H](C)OC(=O)c2cccc(CS(C)(=O)=O)c2)c1. The van der Waals surface area contributed by atoms with Gasteiger partial charge in [-0.2, -0.15) is 0 Å². The van der Waals surface area contributed by atoms with Crippen molar-refractivity contribution in [2.45, 2.75) is 25.7 Å². The summed E-state index contributed by atoms with van der Waals surface area (Å²) in [5, 5.41) is 2.59. The molecule has 0 aliphatic rings. The van der Waals surface area contributed by atoms with Gasteiger partial charge in [0.2, 0.25) is 0 Å². The zero-order chi connectivity index (χ0) is 20.9. The molecule has 1 atom stereocenters. The van der Waals surface area contributed by atoms with Gasteiger partial charge in [0.1, 0.15) is 0 Å². The van der Waals surface area contributed by atoms with Crippen molar-refractivity contribution in [3.05, 3.63) is 65.2 Å². The number of amides is 1. The number of anilines is 1. The zero-order valence-corrected chi connectivity index (χ0v) is 16.6. The Labute approximate surface area is 163 Å². The highest BCUT2D eigenvalue weighted by molar-refractivity contribution is 7.89. The van der Waals surface area contributed by atoms with E-state index in [0.717, 1.165) is 6.26 Å². The molecule has 0 heterocycles. The first kappa shape index (κ1) is 21.3. The maximum atomic E-state index is 12.3. The van der Waals surface area contributed by atoms with E-state index in [1.54, 1.807) is 30.3 Å². The lowest BCUT2D eigenvalue weighted by Gasteiger charge is -2.14. The molecule has 2 aromatic carbocycles. The molecule has 0 radical (unpaired) electrons. The van der Waals surface area contributed by atoms with Crippen LogP contribution >= 0.6 is 0 Å². The normalized spacial score (nSPS) is 12.1. The number of sulfone groups is 1. The summed E-state index contributed by atoms with van der Waals surface area (Å²) >= 11 is 0. The quantitative estimate of drug-likeness (QED) is 0.563. The van der Waals surface area contributed by atoms with Gasteiger partial charge in [-0.15, -0.1) is 0 Å². The molecule has 2 aromatic rings. The summed E-state index contributed by atoms with van der Waals surface area (Å²) in [7, 11) is -3.24. The summed E-state index contributed by atoms with van der Waals surface area (Å²) in [5.41, 5.74) is 1.47. The third-order valence-corrected chi connectivity index (χ3v) is 4.64. The number of ether oxygens (including phenoxy) is 1. The lowest BCUT2D eigenvalue weighted by Crippen LogP contribution is -2.30. The van der Waals surface area contributed by atoms with Crippen LogP contribution in [0.1, 0.15) is 40.1 Å². The van der Waals surface area contributed by atoms with E-state index in [1.807, 2.05) is 0 Å². The molecule has 0 spiro atoms. The van der Waals surface area contributed by atoms with E-state index >= 15 is 0 Å². The highest BCUT2D eigenvalue weighted by Crippen LogP contribution is 2.14. The van der Waals surface area contributed by atoms with Crippen LogP contribution in [0.5, 0.6) is 0 Å². The second kappa shape index (κ2) is 8.79. The standard InChI is InChI=1S/C20H21NO6S/c1-13(22)16-7-5-9-18(11-16)21-19(23)14(2)27-20(24)17-8-4-6-15(10-17)12-28(3,25)26/h4-11,14H,12H2,1-3H3,(H,21,23)/t14-/m1/s1. The second-order valence-corrected chi connectivity index (χ2v) is 8.58. The van der Waals surface area contributed by atoms with Crippen LogP contribution in [0.3, 0.4) is 0 Å². The third kappa shape index (κ3) is 6.31. The number of nitrogens with one attached hydrogen (secondary N) is 1. The Hall–Kier alpha value is -3.00. The first-order chi connectivity index (χ1) is 13.0. The molecular weight excluding hydrogens is 382 g/mol. The van der Waals surface area contributed by atoms with Crippen molar-refractivity contribution in [3.8, 4) is 0 Å². The van der Waals surface area contributed by atoms with Crippen molar-refractivity contribution in [1.29, 1.82) is 0 Å². The Balaban J connectivity index is 2.03. The van der Waals surface area contributed by atoms with E-state index < -0.39 is 27.8 Å². The van der Waals surface area contributed by atoms with Gasteiger partial charge in [-0.05, 0) is 43.7 Å². The van der Waals surface area contributed by atoms with E-state index in [-0.39, 0.29) is 17.1 Å². The molecule has 7 nitrogen and oxygen atoms in total. The highest BCUT2D eigenvalue weighted by atomic mass is 32.2. The fraction of sp³-hybridized carbons (Fsp3) is 0.250. The lowest BCUT2D eigenvalue weighted by molar-refractivity contribution is -0.123. The Morgan fingerprint density at radius 2 is 1.68 bits per heavy atom. The van der Waals surface area contributed by atoms with Crippen LogP contribution in [-0.2, 0) is 25.1 Å². The molecule has 0 fully saturated rings. The fourth-order valence-electron chi connectivity index (χ4n) is 2.43. The van der Waals surface area contributed by atoms with Crippen molar-refractivity contribution in [3.63, 3.8) is 0 Å². The van der Waals surface area contributed by atoms with E-state index in [4.69, 9.17) is 4.74 Å².